The minimum Gasteiger partial charge on any atom is -0.496 e. The second kappa shape index (κ2) is 5.87. The molecule has 3 nitrogen and oxygen atoms in total. The number of hydrogen-bond acceptors (Lipinski definition) is 3. The van der Waals surface area contributed by atoms with Crippen LogP contribution in [0.1, 0.15) is 12.5 Å². The first-order chi connectivity index (χ1) is 8.81. The molecule has 18 heavy (non-hydrogen) atoms. The Bertz CT molecular complexity index is 535. The molecule has 0 aliphatic carbocycles. The number of ether oxygens (including phenoxy) is 1. The van der Waals surface area contributed by atoms with Gasteiger partial charge in [-0.05, 0) is 31.2 Å². The Morgan fingerprint density at radius 1 is 1.00 bits per heavy atom. The molecule has 1 N–H and O–H groups in total. The van der Waals surface area contributed by atoms with E-state index in [0.29, 0.717) is 0 Å². The molecule has 2 rings (SSSR count). The highest BCUT2D eigenvalue weighted by Crippen LogP contribution is 2.18. The lowest BCUT2D eigenvalue weighted by atomic mass is 10.1. The fourth-order valence-corrected chi connectivity index (χ4v) is 1.66. The van der Waals surface area contributed by atoms with Gasteiger partial charge in [0, 0.05) is 5.56 Å². The Kier molecular flexibility index (Phi) is 3.97. The van der Waals surface area contributed by atoms with Gasteiger partial charge in [0.05, 0.1) is 18.5 Å². The lowest BCUT2D eigenvalue weighted by Gasteiger charge is -2.08. The van der Waals surface area contributed by atoms with Crippen molar-refractivity contribution in [1.82, 2.24) is 0 Å². The van der Waals surface area contributed by atoms with Crippen LogP contribution in [0.25, 0.3) is 0 Å². The molecule has 3 heteroatoms. The number of rotatable bonds is 4. The highest BCUT2D eigenvalue weighted by atomic mass is 16.5. The maximum absolute atomic E-state index is 5.31. The molecule has 0 aliphatic rings. The lowest BCUT2D eigenvalue weighted by molar-refractivity contribution is 0.414. The number of methoxy groups -OCH3 is 1. The summed E-state index contributed by atoms with van der Waals surface area (Å²) in [5.74, 6) is 0.827. The lowest BCUT2D eigenvalue weighted by Crippen LogP contribution is -2.02. The minimum absolute atomic E-state index is 0.827. The second-order valence-electron chi connectivity index (χ2n) is 3.88. The van der Waals surface area contributed by atoms with Crippen molar-refractivity contribution in [2.45, 2.75) is 6.92 Å². The smallest absolute Gasteiger partial charge is 0.127 e. The van der Waals surface area contributed by atoms with Crippen LogP contribution in [0.2, 0.25) is 0 Å². The van der Waals surface area contributed by atoms with Gasteiger partial charge in [-0.1, -0.05) is 30.3 Å². The molecular weight excluding hydrogens is 224 g/mol. The quantitative estimate of drug-likeness (QED) is 0.655. The van der Waals surface area contributed by atoms with E-state index in [1.165, 1.54) is 0 Å². The second-order valence-corrected chi connectivity index (χ2v) is 3.88. The van der Waals surface area contributed by atoms with Gasteiger partial charge < -0.3 is 4.74 Å². The van der Waals surface area contributed by atoms with E-state index >= 15 is 0 Å². The predicted molar refractivity (Wildman–Crippen MR) is 75.3 cm³/mol. The Morgan fingerprint density at radius 2 is 1.67 bits per heavy atom. The molecule has 0 aliphatic heterocycles. The summed E-state index contributed by atoms with van der Waals surface area (Å²) in [6, 6.07) is 17.7. The van der Waals surface area contributed by atoms with Crippen molar-refractivity contribution in [1.29, 1.82) is 0 Å². The maximum Gasteiger partial charge on any atom is 0.127 e. The van der Waals surface area contributed by atoms with Gasteiger partial charge in [0.25, 0.3) is 0 Å². The predicted octanol–water partition coefficient (Wildman–Crippen LogP) is 3.53. The first-order valence-electron chi connectivity index (χ1n) is 5.80. The summed E-state index contributed by atoms with van der Waals surface area (Å²) >= 11 is 0. The molecule has 0 spiro atoms. The molecule has 0 radical (unpaired) electrons. The summed E-state index contributed by atoms with van der Waals surface area (Å²) in [5, 5.41) is 4.36. The molecule has 0 unspecified atom stereocenters. The molecule has 2 aromatic rings. The summed E-state index contributed by atoms with van der Waals surface area (Å²) in [6.45, 7) is 1.95. The van der Waals surface area contributed by atoms with Crippen molar-refractivity contribution < 1.29 is 4.74 Å². The van der Waals surface area contributed by atoms with Crippen molar-refractivity contribution in [3.8, 4) is 5.75 Å². The van der Waals surface area contributed by atoms with Crippen molar-refractivity contribution in [2.75, 3.05) is 12.5 Å². The number of hydrogen-bond donors (Lipinski definition) is 1. The van der Waals surface area contributed by atoms with E-state index in [-0.39, 0.29) is 0 Å². The molecule has 2 aromatic carbocycles. The van der Waals surface area contributed by atoms with Crippen molar-refractivity contribution >= 4 is 11.4 Å². The van der Waals surface area contributed by atoms with Crippen LogP contribution < -0.4 is 10.2 Å². The molecule has 0 bridgehead atoms. The van der Waals surface area contributed by atoms with Gasteiger partial charge >= 0.3 is 0 Å². The van der Waals surface area contributed by atoms with Crippen LogP contribution >= 0.6 is 0 Å². The third kappa shape index (κ3) is 2.88. The average Bonchev–Trinajstić information content (AvgIpc) is 2.45. The summed E-state index contributed by atoms with van der Waals surface area (Å²) < 4.78 is 5.31. The van der Waals surface area contributed by atoms with Crippen molar-refractivity contribution in [3.63, 3.8) is 0 Å². The molecule has 0 aromatic heterocycles. The van der Waals surface area contributed by atoms with Crippen LogP contribution in [0.4, 0.5) is 5.69 Å². The average molecular weight is 240 g/mol. The Hall–Kier alpha value is -2.29. The van der Waals surface area contributed by atoms with Gasteiger partial charge in [0.1, 0.15) is 5.75 Å². The summed E-state index contributed by atoms with van der Waals surface area (Å²) in [4.78, 5) is 0. The first kappa shape index (κ1) is 12.2. The van der Waals surface area contributed by atoms with Gasteiger partial charge in [-0.2, -0.15) is 5.10 Å². The van der Waals surface area contributed by atoms with Gasteiger partial charge in [-0.25, -0.2) is 0 Å². The Labute approximate surface area is 107 Å². The van der Waals surface area contributed by atoms with E-state index in [4.69, 9.17) is 4.74 Å². The first-order valence-corrected chi connectivity index (χ1v) is 5.80. The van der Waals surface area contributed by atoms with E-state index in [1.807, 2.05) is 61.5 Å². The van der Waals surface area contributed by atoms with Crippen LogP contribution in [-0.4, -0.2) is 12.8 Å². The molecule has 0 saturated heterocycles. The van der Waals surface area contributed by atoms with Gasteiger partial charge in [-0.3, -0.25) is 5.43 Å². The van der Waals surface area contributed by atoms with Gasteiger partial charge in [-0.15, -0.1) is 0 Å². The van der Waals surface area contributed by atoms with E-state index in [0.717, 1.165) is 22.7 Å². The third-order valence-corrected chi connectivity index (χ3v) is 2.62. The van der Waals surface area contributed by atoms with E-state index in [2.05, 4.69) is 10.5 Å². The molecular formula is C15H16N2O. The number of anilines is 1. The normalized spacial score (nSPS) is 11.1. The highest BCUT2D eigenvalue weighted by molar-refractivity contribution is 6.01. The standard InChI is InChI=1S/C15H16N2O/c1-12(14-10-6-7-11-15(14)18-2)16-17-13-8-4-3-5-9-13/h3-11,17H,1-2H3/b16-12+. The largest absolute Gasteiger partial charge is 0.496 e. The highest BCUT2D eigenvalue weighted by Gasteiger charge is 2.04. The monoisotopic (exact) mass is 240 g/mol. The molecule has 0 amide bonds. The van der Waals surface area contributed by atoms with E-state index in [9.17, 15) is 0 Å². The zero-order chi connectivity index (χ0) is 12.8. The van der Waals surface area contributed by atoms with Gasteiger partial charge in [0.15, 0.2) is 0 Å². The Morgan fingerprint density at radius 3 is 2.39 bits per heavy atom. The topological polar surface area (TPSA) is 33.6 Å². The van der Waals surface area contributed by atoms with Gasteiger partial charge in [0.2, 0.25) is 0 Å². The number of benzene rings is 2. The van der Waals surface area contributed by atoms with Crippen LogP contribution in [0, 0.1) is 0 Å². The summed E-state index contributed by atoms with van der Waals surface area (Å²) in [6.07, 6.45) is 0. The van der Waals surface area contributed by atoms with E-state index < -0.39 is 0 Å². The molecule has 0 heterocycles. The number of nitrogens with zero attached hydrogens (tertiary/aromatic N) is 1. The fourth-order valence-electron chi connectivity index (χ4n) is 1.66. The molecule has 0 saturated carbocycles. The van der Waals surface area contributed by atoms with Crippen molar-refractivity contribution in [3.05, 3.63) is 60.2 Å². The third-order valence-electron chi connectivity index (χ3n) is 2.62. The van der Waals surface area contributed by atoms with Crippen LogP contribution in [0.15, 0.2) is 59.7 Å². The van der Waals surface area contributed by atoms with Crippen LogP contribution in [0.3, 0.4) is 0 Å². The Balaban J connectivity index is 2.18. The number of para-hydroxylation sites is 2. The van der Waals surface area contributed by atoms with Crippen molar-refractivity contribution in [2.24, 2.45) is 5.10 Å². The molecule has 0 atom stereocenters. The SMILES string of the molecule is COc1ccccc1/C(C)=N/Nc1ccccc1. The van der Waals surface area contributed by atoms with Crippen LogP contribution in [0.5, 0.6) is 5.75 Å². The zero-order valence-corrected chi connectivity index (χ0v) is 10.6. The van der Waals surface area contributed by atoms with Crippen LogP contribution in [-0.2, 0) is 0 Å². The summed E-state index contributed by atoms with van der Waals surface area (Å²) in [7, 11) is 1.66. The number of nitrogens with one attached hydrogen (secondary N) is 1. The zero-order valence-electron chi connectivity index (χ0n) is 10.6. The van der Waals surface area contributed by atoms with E-state index in [1.54, 1.807) is 7.11 Å². The molecule has 0 fully saturated rings. The minimum atomic E-state index is 0.827. The molecule has 92 valence electrons. The number of hydrazone groups is 1. The summed E-state index contributed by atoms with van der Waals surface area (Å²) in [5.41, 5.74) is 5.87. The fraction of sp³-hybridized carbons (Fsp3) is 0.133. The maximum atomic E-state index is 5.31.